The van der Waals surface area contributed by atoms with Crippen molar-refractivity contribution >= 4 is 11.8 Å². The second kappa shape index (κ2) is 6.62. The summed E-state index contributed by atoms with van der Waals surface area (Å²) in [7, 11) is 0. The number of rotatable bonds is 4. The van der Waals surface area contributed by atoms with E-state index in [1.54, 1.807) is 0 Å². The molecule has 2 aromatic rings. The highest BCUT2D eigenvalue weighted by molar-refractivity contribution is 5.92. The van der Waals surface area contributed by atoms with Gasteiger partial charge in [0.2, 0.25) is 0 Å². The molecule has 0 aliphatic carbocycles. The van der Waals surface area contributed by atoms with Crippen LogP contribution < -0.4 is 10.6 Å². The van der Waals surface area contributed by atoms with Gasteiger partial charge in [0, 0.05) is 5.56 Å². The number of benzene rings is 2. The second-order valence-electron chi connectivity index (χ2n) is 5.70. The van der Waals surface area contributed by atoms with E-state index in [0.29, 0.717) is 11.6 Å². The lowest BCUT2D eigenvalue weighted by atomic mass is 9.93. The molecule has 1 unspecified atom stereocenters. The first-order valence-electron chi connectivity index (χ1n) is 7.62. The van der Waals surface area contributed by atoms with Crippen LogP contribution in [0.4, 0.5) is 10.5 Å². The van der Waals surface area contributed by atoms with Gasteiger partial charge in [0.15, 0.2) is 0 Å². The molecular formula is C18H20N2O2. The Morgan fingerprint density at radius 3 is 2.68 bits per heavy atom. The average molecular weight is 296 g/mol. The zero-order chi connectivity index (χ0) is 15.4. The first kappa shape index (κ1) is 14.6. The monoisotopic (exact) mass is 296 g/mol. The summed E-state index contributed by atoms with van der Waals surface area (Å²) in [6.07, 6.45) is 1.01. The molecule has 4 nitrogen and oxygen atoms in total. The van der Waals surface area contributed by atoms with Crippen molar-refractivity contribution in [1.82, 2.24) is 5.32 Å². The van der Waals surface area contributed by atoms with E-state index < -0.39 is 6.09 Å². The van der Waals surface area contributed by atoms with Gasteiger partial charge in [-0.2, -0.15) is 0 Å². The number of amides is 1. The van der Waals surface area contributed by atoms with Crippen molar-refractivity contribution in [3.8, 4) is 11.1 Å². The lowest BCUT2D eigenvalue weighted by Crippen LogP contribution is -2.14. The lowest BCUT2D eigenvalue weighted by Gasteiger charge is -2.17. The zero-order valence-corrected chi connectivity index (χ0v) is 12.4. The Morgan fingerprint density at radius 1 is 1.18 bits per heavy atom. The molecule has 1 fully saturated rings. The van der Waals surface area contributed by atoms with Crippen LogP contribution in [-0.4, -0.2) is 24.3 Å². The maximum atomic E-state index is 11.2. The Labute approximate surface area is 130 Å². The molecule has 1 saturated heterocycles. The van der Waals surface area contributed by atoms with Crippen LogP contribution in [-0.2, 0) is 6.42 Å². The largest absolute Gasteiger partial charge is 0.465 e. The number of nitrogens with one attached hydrogen (secondary N) is 2. The molecule has 0 aromatic heterocycles. The third-order valence-electron chi connectivity index (χ3n) is 4.14. The lowest BCUT2D eigenvalue weighted by molar-refractivity contribution is 0.209. The van der Waals surface area contributed by atoms with Gasteiger partial charge in [-0.25, -0.2) is 4.79 Å². The van der Waals surface area contributed by atoms with Crippen LogP contribution in [0.2, 0.25) is 0 Å². The van der Waals surface area contributed by atoms with Crippen LogP contribution in [0.3, 0.4) is 0 Å². The first-order valence-corrected chi connectivity index (χ1v) is 7.62. The predicted molar refractivity (Wildman–Crippen MR) is 88.2 cm³/mol. The molecule has 1 aliphatic rings. The van der Waals surface area contributed by atoms with Crippen LogP contribution in [0, 0.1) is 5.92 Å². The highest BCUT2D eigenvalue weighted by Gasteiger charge is 2.19. The van der Waals surface area contributed by atoms with Gasteiger partial charge in [0.1, 0.15) is 0 Å². The second-order valence-corrected chi connectivity index (χ2v) is 5.70. The van der Waals surface area contributed by atoms with Gasteiger partial charge in [0.25, 0.3) is 0 Å². The van der Waals surface area contributed by atoms with Gasteiger partial charge in [-0.05, 0) is 43.0 Å². The third-order valence-corrected chi connectivity index (χ3v) is 4.14. The van der Waals surface area contributed by atoms with Crippen molar-refractivity contribution in [2.45, 2.75) is 12.8 Å². The molecule has 0 radical (unpaired) electrons. The minimum Gasteiger partial charge on any atom is -0.465 e. The topological polar surface area (TPSA) is 61.4 Å². The predicted octanol–water partition coefficient (Wildman–Crippen LogP) is 3.60. The molecule has 1 amide bonds. The van der Waals surface area contributed by atoms with E-state index in [9.17, 15) is 9.90 Å². The van der Waals surface area contributed by atoms with E-state index in [1.807, 2.05) is 48.5 Å². The molecule has 22 heavy (non-hydrogen) atoms. The van der Waals surface area contributed by atoms with E-state index in [4.69, 9.17) is 0 Å². The fourth-order valence-electron chi connectivity index (χ4n) is 3.08. The van der Waals surface area contributed by atoms with E-state index in [0.717, 1.165) is 42.6 Å². The first-order chi connectivity index (χ1) is 10.7. The van der Waals surface area contributed by atoms with Gasteiger partial charge in [-0.1, -0.05) is 48.5 Å². The van der Waals surface area contributed by atoms with Crippen molar-refractivity contribution in [2.75, 3.05) is 18.4 Å². The van der Waals surface area contributed by atoms with Crippen LogP contribution in [0.15, 0.2) is 48.5 Å². The number of hydrogen-bond donors (Lipinski definition) is 3. The van der Waals surface area contributed by atoms with Gasteiger partial charge in [-0.3, -0.25) is 5.32 Å². The van der Waals surface area contributed by atoms with Gasteiger partial charge in [-0.15, -0.1) is 0 Å². The number of hydrogen-bond acceptors (Lipinski definition) is 2. The smallest absolute Gasteiger partial charge is 0.409 e. The zero-order valence-electron chi connectivity index (χ0n) is 12.4. The number of anilines is 1. The summed E-state index contributed by atoms with van der Waals surface area (Å²) in [5.41, 5.74) is 3.75. The molecular weight excluding hydrogens is 276 g/mol. The van der Waals surface area contributed by atoms with Crippen molar-refractivity contribution in [3.05, 3.63) is 54.1 Å². The molecule has 1 aliphatic heterocycles. The highest BCUT2D eigenvalue weighted by atomic mass is 16.4. The maximum absolute atomic E-state index is 11.2. The van der Waals surface area contributed by atoms with Crippen LogP contribution in [0.5, 0.6) is 0 Å². The molecule has 0 saturated carbocycles. The average Bonchev–Trinajstić information content (AvgIpc) is 3.02. The minimum atomic E-state index is -1.02. The molecule has 0 bridgehead atoms. The molecule has 1 atom stereocenters. The summed E-state index contributed by atoms with van der Waals surface area (Å²) in [5, 5.41) is 15.2. The molecule has 1 heterocycles. The Kier molecular flexibility index (Phi) is 4.39. The Bertz CT molecular complexity index is 649. The number of carboxylic acid groups (broad SMARTS) is 1. The van der Waals surface area contributed by atoms with Crippen molar-refractivity contribution in [3.63, 3.8) is 0 Å². The Hall–Kier alpha value is -2.33. The van der Waals surface area contributed by atoms with E-state index in [1.165, 1.54) is 0 Å². The Balaban J connectivity index is 1.99. The number of carbonyl (C=O) groups is 1. The fourth-order valence-corrected chi connectivity index (χ4v) is 3.08. The van der Waals surface area contributed by atoms with Gasteiger partial charge < -0.3 is 10.4 Å². The van der Waals surface area contributed by atoms with Gasteiger partial charge >= 0.3 is 6.09 Å². The molecule has 4 heteroatoms. The Morgan fingerprint density at radius 2 is 2.00 bits per heavy atom. The third kappa shape index (κ3) is 3.28. The molecule has 3 N–H and O–H groups in total. The standard InChI is InChI=1S/C18H20N2O2/c21-18(22)20-17-15(11-13-9-10-19-12-13)7-4-8-16(17)14-5-2-1-3-6-14/h1-8,13,19-20H,9-12H2,(H,21,22). The van der Waals surface area contributed by atoms with E-state index in [2.05, 4.69) is 10.6 Å². The summed E-state index contributed by atoms with van der Waals surface area (Å²) in [6, 6.07) is 15.9. The molecule has 3 rings (SSSR count). The molecule has 0 spiro atoms. The summed E-state index contributed by atoms with van der Waals surface area (Å²) >= 11 is 0. The summed E-state index contributed by atoms with van der Waals surface area (Å²) in [5.74, 6) is 0.570. The van der Waals surface area contributed by atoms with E-state index in [-0.39, 0.29) is 0 Å². The SMILES string of the molecule is O=C(O)Nc1c(CC2CCNC2)cccc1-c1ccccc1. The van der Waals surface area contributed by atoms with Crippen LogP contribution in [0.25, 0.3) is 11.1 Å². The highest BCUT2D eigenvalue weighted by Crippen LogP contribution is 2.33. The van der Waals surface area contributed by atoms with E-state index >= 15 is 0 Å². The van der Waals surface area contributed by atoms with Crippen LogP contribution >= 0.6 is 0 Å². The van der Waals surface area contributed by atoms with Gasteiger partial charge in [0.05, 0.1) is 5.69 Å². The van der Waals surface area contributed by atoms with Crippen molar-refractivity contribution < 1.29 is 9.90 Å². The summed E-state index contributed by atoms with van der Waals surface area (Å²) in [6.45, 7) is 2.05. The fraction of sp³-hybridized carbons (Fsp3) is 0.278. The summed E-state index contributed by atoms with van der Waals surface area (Å²) < 4.78 is 0. The van der Waals surface area contributed by atoms with Crippen molar-refractivity contribution in [2.24, 2.45) is 5.92 Å². The quantitative estimate of drug-likeness (QED) is 0.808. The minimum absolute atomic E-state index is 0.570. The number of para-hydroxylation sites is 1. The maximum Gasteiger partial charge on any atom is 0.409 e. The van der Waals surface area contributed by atoms with Crippen molar-refractivity contribution in [1.29, 1.82) is 0 Å². The van der Waals surface area contributed by atoms with Crippen LogP contribution in [0.1, 0.15) is 12.0 Å². The summed E-state index contributed by atoms with van der Waals surface area (Å²) in [4.78, 5) is 11.2. The normalized spacial score (nSPS) is 17.4. The molecule has 2 aromatic carbocycles. The molecule has 114 valence electrons.